The fraction of sp³-hybridized carbons (Fsp3) is 0.412. The van der Waals surface area contributed by atoms with Gasteiger partial charge in [-0.3, -0.25) is 4.79 Å². The molecule has 0 radical (unpaired) electrons. The standard InChI is InChI=1S/C17H21NO3/c1-17(2,3)21-15(19)11-6-12-4-7-13(8-5-12)16(20)18-14-9-10-14/h4-8,11,14H,9-10H2,1-3H3,(H,18,20)/b11-6+. The molecule has 0 aliphatic heterocycles. The number of esters is 1. The van der Waals surface area contributed by atoms with Crippen LogP contribution in [0.2, 0.25) is 0 Å². The van der Waals surface area contributed by atoms with Crippen LogP contribution in [0.4, 0.5) is 0 Å². The summed E-state index contributed by atoms with van der Waals surface area (Å²) in [5.41, 5.74) is 0.992. The van der Waals surface area contributed by atoms with Crippen molar-refractivity contribution in [2.45, 2.75) is 45.3 Å². The van der Waals surface area contributed by atoms with Gasteiger partial charge in [0.2, 0.25) is 0 Å². The van der Waals surface area contributed by atoms with Gasteiger partial charge in [0.05, 0.1) is 0 Å². The summed E-state index contributed by atoms with van der Waals surface area (Å²) in [4.78, 5) is 23.4. The highest BCUT2D eigenvalue weighted by atomic mass is 16.6. The summed E-state index contributed by atoms with van der Waals surface area (Å²) < 4.78 is 5.18. The van der Waals surface area contributed by atoms with Crippen molar-refractivity contribution < 1.29 is 14.3 Å². The van der Waals surface area contributed by atoms with Crippen LogP contribution in [0.3, 0.4) is 0 Å². The number of carbonyl (C=O) groups excluding carboxylic acids is 2. The molecule has 1 N–H and O–H groups in total. The monoisotopic (exact) mass is 287 g/mol. The van der Waals surface area contributed by atoms with Crippen LogP contribution in [0.25, 0.3) is 6.08 Å². The van der Waals surface area contributed by atoms with Crippen molar-refractivity contribution in [2.24, 2.45) is 0 Å². The Morgan fingerprint density at radius 1 is 1.19 bits per heavy atom. The zero-order valence-corrected chi connectivity index (χ0v) is 12.7. The number of nitrogens with one attached hydrogen (secondary N) is 1. The fourth-order valence-electron chi connectivity index (χ4n) is 1.74. The first kappa shape index (κ1) is 15.3. The van der Waals surface area contributed by atoms with Gasteiger partial charge < -0.3 is 10.1 Å². The number of hydrogen-bond acceptors (Lipinski definition) is 3. The summed E-state index contributed by atoms with van der Waals surface area (Å²) in [6.45, 7) is 5.48. The van der Waals surface area contributed by atoms with Crippen LogP contribution >= 0.6 is 0 Å². The Balaban J connectivity index is 1.92. The zero-order chi connectivity index (χ0) is 15.5. The third-order valence-corrected chi connectivity index (χ3v) is 2.90. The molecule has 0 spiro atoms. The van der Waals surface area contributed by atoms with E-state index >= 15 is 0 Å². The summed E-state index contributed by atoms with van der Waals surface area (Å²) in [6, 6.07) is 7.48. The first-order valence-corrected chi connectivity index (χ1v) is 7.15. The summed E-state index contributed by atoms with van der Waals surface area (Å²) in [6.07, 6.45) is 5.21. The number of amides is 1. The van der Waals surface area contributed by atoms with Gasteiger partial charge in [0, 0.05) is 17.7 Å². The number of rotatable bonds is 4. The maximum absolute atomic E-state index is 11.8. The first-order valence-electron chi connectivity index (χ1n) is 7.15. The molecular weight excluding hydrogens is 266 g/mol. The van der Waals surface area contributed by atoms with E-state index in [9.17, 15) is 9.59 Å². The molecule has 1 amide bonds. The van der Waals surface area contributed by atoms with Crippen LogP contribution in [0.5, 0.6) is 0 Å². The molecule has 4 nitrogen and oxygen atoms in total. The van der Waals surface area contributed by atoms with E-state index in [2.05, 4.69) is 5.32 Å². The average Bonchev–Trinajstić information content (AvgIpc) is 3.19. The summed E-state index contributed by atoms with van der Waals surface area (Å²) >= 11 is 0. The first-order chi connectivity index (χ1) is 9.83. The Labute approximate surface area is 125 Å². The van der Waals surface area contributed by atoms with Gasteiger partial charge in [-0.05, 0) is 57.4 Å². The highest BCUT2D eigenvalue weighted by molar-refractivity contribution is 5.95. The second-order valence-corrected chi connectivity index (χ2v) is 6.24. The molecule has 1 aliphatic rings. The highest BCUT2D eigenvalue weighted by Gasteiger charge is 2.23. The number of benzene rings is 1. The Morgan fingerprint density at radius 3 is 2.33 bits per heavy atom. The van der Waals surface area contributed by atoms with Crippen molar-refractivity contribution in [1.29, 1.82) is 0 Å². The summed E-state index contributed by atoms with van der Waals surface area (Å²) in [7, 11) is 0. The Kier molecular flexibility index (Phi) is 4.46. The number of hydrogen-bond donors (Lipinski definition) is 1. The molecule has 0 atom stereocenters. The largest absolute Gasteiger partial charge is 0.457 e. The third-order valence-electron chi connectivity index (χ3n) is 2.90. The van der Waals surface area contributed by atoms with Gasteiger partial charge in [-0.15, -0.1) is 0 Å². The molecule has 0 aromatic heterocycles. The topological polar surface area (TPSA) is 55.4 Å². The van der Waals surface area contributed by atoms with E-state index < -0.39 is 5.60 Å². The van der Waals surface area contributed by atoms with Crippen molar-refractivity contribution in [2.75, 3.05) is 0 Å². The van der Waals surface area contributed by atoms with Crippen molar-refractivity contribution in [1.82, 2.24) is 5.32 Å². The number of carbonyl (C=O) groups is 2. The average molecular weight is 287 g/mol. The molecular formula is C17H21NO3. The predicted molar refractivity (Wildman–Crippen MR) is 81.8 cm³/mol. The van der Waals surface area contributed by atoms with E-state index in [1.807, 2.05) is 32.9 Å². The minimum absolute atomic E-state index is 0.0415. The van der Waals surface area contributed by atoms with Crippen molar-refractivity contribution >= 4 is 18.0 Å². The van der Waals surface area contributed by atoms with E-state index in [4.69, 9.17) is 4.74 Å². The van der Waals surface area contributed by atoms with Crippen LogP contribution in [-0.4, -0.2) is 23.5 Å². The molecule has 4 heteroatoms. The normalized spacial score (nSPS) is 15.0. The lowest BCUT2D eigenvalue weighted by Gasteiger charge is -2.17. The summed E-state index contributed by atoms with van der Waals surface area (Å²) in [5, 5.41) is 2.93. The van der Waals surface area contributed by atoms with Gasteiger partial charge in [-0.1, -0.05) is 12.1 Å². The van der Waals surface area contributed by atoms with E-state index in [0.717, 1.165) is 18.4 Å². The molecule has 0 unspecified atom stereocenters. The maximum atomic E-state index is 11.8. The van der Waals surface area contributed by atoms with E-state index in [-0.39, 0.29) is 11.9 Å². The third kappa shape index (κ3) is 5.42. The summed E-state index contributed by atoms with van der Waals surface area (Å²) in [5.74, 6) is -0.418. The van der Waals surface area contributed by atoms with Crippen molar-refractivity contribution in [3.8, 4) is 0 Å². The molecule has 21 heavy (non-hydrogen) atoms. The van der Waals surface area contributed by atoms with Gasteiger partial charge in [-0.25, -0.2) is 4.79 Å². The lowest BCUT2D eigenvalue weighted by Crippen LogP contribution is -2.25. The van der Waals surface area contributed by atoms with Crippen LogP contribution in [-0.2, 0) is 9.53 Å². The lowest BCUT2D eigenvalue weighted by molar-refractivity contribution is -0.148. The van der Waals surface area contributed by atoms with Crippen LogP contribution in [0.15, 0.2) is 30.3 Å². The van der Waals surface area contributed by atoms with Crippen molar-refractivity contribution in [3.05, 3.63) is 41.5 Å². The Bertz CT molecular complexity index is 548. The lowest BCUT2D eigenvalue weighted by atomic mass is 10.1. The minimum Gasteiger partial charge on any atom is -0.457 e. The predicted octanol–water partition coefficient (Wildman–Crippen LogP) is 2.93. The van der Waals surface area contributed by atoms with Gasteiger partial charge in [-0.2, -0.15) is 0 Å². The second-order valence-electron chi connectivity index (χ2n) is 6.24. The van der Waals surface area contributed by atoms with Gasteiger partial charge in [0.15, 0.2) is 0 Å². The van der Waals surface area contributed by atoms with E-state index in [1.54, 1.807) is 18.2 Å². The smallest absolute Gasteiger partial charge is 0.331 e. The van der Waals surface area contributed by atoms with E-state index in [0.29, 0.717) is 11.6 Å². The molecule has 0 heterocycles. The zero-order valence-electron chi connectivity index (χ0n) is 12.7. The van der Waals surface area contributed by atoms with Crippen molar-refractivity contribution in [3.63, 3.8) is 0 Å². The molecule has 1 saturated carbocycles. The fourth-order valence-corrected chi connectivity index (χ4v) is 1.74. The second kappa shape index (κ2) is 6.12. The molecule has 0 saturated heterocycles. The Morgan fingerprint density at radius 2 is 1.81 bits per heavy atom. The molecule has 1 aromatic carbocycles. The van der Waals surface area contributed by atoms with E-state index in [1.165, 1.54) is 6.08 Å². The highest BCUT2D eigenvalue weighted by Crippen LogP contribution is 2.19. The van der Waals surface area contributed by atoms with Gasteiger partial charge in [0.25, 0.3) is 5.91 Å². The molecule has 112 valence electrons. The van der Waals surface area contributed by atoms with Gasteiger partial charge >= 0.3 is 5.97 Å². The molecule has 1 fully saturated rings. The maximum Gasteiger partial charge on any atom is 0.331 e. The molecule has 1 aliphatic carbocycles. The quantitative estimate of drug-likeness (QED) is 0.684. The van der Waals surface area contributed by atoms with Crippen LogP contribution < -0.4 is 5.32 Å². The SMILES string of the molecule is CC(C)(C)OC(=O)/C=C/c1ccc(C(=O)NC2CC2)cc1. The van der Waals surface area contributed by atoms with Crippen LogP contribution in [0, 0.1) is 0 Å². The molecule has 0 bridgehead atoms. The Hall–Kier alpha value is -2.10. The molecule has 2 rings (SSSR count). The van der Waals surface area contributed by atoms with Crippen LogP contribution in [0.1, 0.15) is 49.5 Å². The number of ether oxygens (including phenoxy) is 1. The molecule has 1 aromatic rings. The van der Waals surface area contributed by atoms with Gasteiger partial charge in [0.1, 0.15) is 5.60 Å². The minimum atomic E-state index is -0.494.